The predicted octanol–water partition coefficient (Wildman–Crippen LogP) is 4.56. The smallest absolute Gasteiger partial charge is 0.341 e. The van der Waals surface area contributed by atoms with E-state index in [1.165, 1.54) is 17.0 Å². The van der Waals surface area contributed by atoms with E-state index in [1.54, 1.807) is 67.6 Å². The summed E-state index contributed by atoms with van der Waals surface area (Å²) in [6.07, 6.45) is 1.21. The summed E-state index contributed by atoms with van der Waals surface area (Å²) in [5.74, 6) is -0.593. The molecule has 14 nitrogen and oxygen atoms in total. The molecule has 226 valence electrons. The molecule has 5 aromatic rings. The molecule has 0 aliphatic carbocycles. The molecule has 0 unspecified atom stereocenters. The van der Waals surface area contributed by atoms with Crippen molar-refractivity contribution in [3.05, 3.63) is 99.8 Å². The van der Waals surface area contributed by atoms with Gasteiger partial charge in [-0.15, -0.1) is 0 Å². The molecule has 0 bridgehead atoms. The second-order valence-electron chi connectivity index (χ2n) is 9.51. The molecule has 15 heteroatoms. The van der Waals surface area contributed by atoms with Crippen LogP contribution in [-0.4, -0.2) is 43.2 Å². The molecule has 45 heavy (non-hydrogen) atoms. The molecule has 2 aromatic heterocycles. The van der Waals surface area contributed by atoms with Crippen LogP contribution in [0.1, 0.15) is 24.4 Å². The number of rotatable bonds is 9. The fourth-order valence-corrected chi connectivity index (χ4v) is 4.73. The van der Waals surface area contributed by atoms with Crippen molar-refractivity contribution in [3.8, 4) is 17.5 Å². The average Bonchev–Trinajstić information content (AvgIpc) is 3.00. The van der Waals surface area contributed by atoms with Crippen molar-refractivity contribution in [1.82, 2.24) is 19.5 Å². The summed E-state index contributed by atoms with van der Waals surface area (Å²) in [7, 11) is 0. The molecule has 0 radical (unpaired) electrons. The summed E-state index contributed by atoms with van der Waals surface area (Å²) < 4.78 is 6.60. The van der Waals surface area contributed by atoms with Crippen molar-refractivity contribution in [2.75, 3.05) is 28.3 Å². The number of carboxylic acid groups (broad SMARTS) is 1. The van der Waals surface area contributed by atoms with Gasteiger partial charge in [-0.1, -0.05) is 35.9 Å². The molecule has 5 rings (SSSR count). The summed E-state index contributed by atoms with van der Waals surface area (Å²) in [6.45, 7) is 1.15. The van der Waals surface area contributed by atoms with E-state index < -0.39 is 30.2 Å². The minimum absolute atomic E-state index is 0.00836. The maximum Gasteiger partial charge on any atom is 0.341 e. The number of nitrogens with zero attached hydrogens (tertiary/aromatic N) is 5. The molecule has 2 amide bonds. The zero-order valence-corrected chi connectivity index (χ0v) is 24.2. The molecule has 6 N–H and O–H groups in total. The Kier molecular flexibility index (Phi) is 8.73. The molecule has 0 aliphatic heterocycles. The zero-order chi connectivity index (χ0) is 32.1. The molecule has 3 aromatic carbocycles. The molecule has 0 aliphatic rings. The van der Waals surface area contributed by atoms with E-state index >= 15 is 0 Å². The Balaban J connectivity index is 1.51. The van der Waals surface area contributed by atoms with Gasteiger partial charge >= 0.3 is 12.0 Å². The highest BCUT2D eigenvalue weighted by Gasteiger charge is 2.22. The van der Waals surface area contributed by atoms with Crippen LogP contribution in [0, 0.1) is 11.3 Å². The van der Waals surface area contributed by atoms with Crippen LogP contribution in [0.2, 0.25) is 5.02 Å². The molecular formula is C30H24ClN9O5. The number of aliphatic carboxylic acids is 1. The van der Waals surface area contributed by atoms with Crippen molar-refractivity contribution in [2.45, 2.75) is 13.0 Å². The number of benzene rings is 3. The second kappa shape index (κ2) is 13.0. The third-order valence-electron chi connectivity index (χ3n) is 6.45. The maximum atomic E-state index is 14.0. The van der Waals surface area contributed by atoms with Crippen molar-refractivity contribution >= 4 is 57.5 Å². The number of para-hydroxylation sites is 2. The van der Waals surface area contributed by atoms with Crippen LogP contribution in [0.5, 0.6) is 5.75 Å². The van der Waals surface area contributed by atoms with Gasteiger partial charge in [-0.2, -0.15) is 5.26 Å². The number of carbonyl (C=O) groups excluding carboxylic acids is 1. The predicted molar refractivity (Wildman–Crippen MR) is 168 cm³/mol. The Labute approximate surface area is 260 Å². The number of nitriles is 1. The third kappa shape index (κ3) is 6.58. The number of carboxylic acids is 1. The molecule has 0 spiro atoms. The van der Waals surface area contributed by atoms with Gasteiger partial charge in [-0.05, 0) is 49.4 Å². The van der Waals surface area contributed by atoms with Crippen molar-refractivity contribution in [2.24, 2.45) is 0 Å². The van der Waals surface area contributed by atoms with E-state index in [9.17, 15) is 19.6 Å². The summed E-state index contributed by atoms with van der Waals surface area (Å²) in [6, 6.07) is 18.4. The maximum absolute atomic E-state index is 14.0. The molecule has 0 saturated carbocycles. The minimum atomic E-state index is -1.17. The van der Waals surface area contributed by atoms with Gasteiger partial charge in [-0.25, -0.2) is 24.5 Å². The molecule has 1 atom stereocenters. The molecular weight excluding hydrogens is 602 g/mol. The number of halogens is 1. The largest absolute Gasteiger partial charge is 0.480 e. The number of carbonyl (C=O) groups is 2. The van der Waals surface area contributed by atoms with Crippen molar-refractivity contribution < 1.29 is 19.4 Å². The minimum Gasteiger partial charge on any atom is -0.480 e. The number of hydrogen-bond donors (Lipinski definition) is 5. The Bertz CT molecular complexity index is 2040. The van der Waals surface area contributed by atoms with E-state index in [-0.39, 0.29) is 44.9 Å². The van der Waals surface area contributed by atoms with Crippen LogP contribution in [0.3, 0.4) is 0 Å². The molecule has 0 saturated heterocycles. The van der Waals surface area contributed by atoms with Gasteiger partial charge < -0.3 is 31.5 Å². The zero-order valence-electron chi connectivity index (χ0n) is 23.5. The van der Waals surface area contributed by atoms with E-state index in [0.29, 0.717) is 16.9 Å². The number of urea groups is 1. The first-order chi connectivity index (χ1) is 21.7. The number of nitrogen functional groups attached to an aromatic ring is 1. The van der Waals surface area contributed by atoms with E-state index in [1.807, 2.05) is 6.07 Å². The van der Waals surface area contributed by atoms with Crippen molar-refractivity contribution in [1.29, 1.82) is 5.26 Å². The normalized spacial score (nSPS) is 11.3. The summed E-state index contributed by atoms with van der Waals surface area (Å²) in [5.41, 5.74) is 6.70. The Morgan fingerprint density at radius 3 is 2.67 bits per heavy atom. The Morgan fingerprint density at radius 1 is 1.11 bits per heavy atom. The van der Waals surface area contributed by atoms with Gasteiger partial charge in [0.1, 0.15) is 41.2 Å². The quantitative estimate of drug-likeness (QED) is 0.153. The number of aromatic nitrogens is 4. The van der Waals surface area contributed by atoms with E-state index in [4.69, 9.17) is 32.2 Å². The lowest BCUT2D eigenvalue weighted by Crippen LogP contribution is -2.28. The van der Waals surface area contributed by atoms with Crippen LogP contribution in [0.15, 0.2) is 77.9 Å². The van der Waals surface area contributed by atoms with E-state index in [2.05, 4.69) is 25.9 Å². The molecule has 0 fully saturated rings. The number of nitrogens with one attached hydrogen (secondary N) is 3. The number of fused-ring (bicyclic) bond motifs is 1. The summed E-state index contributed by atoms with van der Waals surface area (Å²) in [5, 5.41) is 27.3. The van der Waals surface area contributed by atoms with Gasteiger partial charge in [0.15, 0.2) is 6.61 Å². The highest BCUT2D eigenvalue weighted by molar-refractivity contribution is 6.35. The van der Waals surface area contributed by atoms with Gasteiger partial charge in [-0.3, -0.25) is 9.36 Å². The molecule has 2 heterocycles. The number of anilines is 4. The Hall–Kier alpha value is -6.20. The Morgan fingerprint density at radius 2 is 1.89 bits per heavy atom. The first kappa shape index (κ1) is 30.3. The average molecular weight is 626 g/mol. The SMILES string of the molecule is C[C@H](Nc1ncnc(N)c1C#N)c1nc2cccc(Cl)c2c(=O)n1-c1cccc(NC(=O)Nc2ccccc2OCC(=O)O)c1. The first-order valence-corrected chi connectivity index (χ1v) is 13.6. The lowest BCUT2D eigenvalue weighted by atomic mass is 10.2. The first-order valence-electron chi connectivity index (χ1n) is 13.3. The summed E-state index contributed by atoms with van der Waals surface area (Å²) in [4.78, 5) is 50.5. The van der Waals surface area contributed by atoms with Crippen LogP contribution in [0.25, 0.3) is 16.6 Å². The van der Waals surface area contributed by atoms with Gasteiger partial charge in [0.05, 0.1) is 33.3 Å². The van der Waals surface area contributed by atoms with E-state index in [0.717, 1.165) is 0 Å². The van der Waals surface area contributed by atoms with Gasteiger partial charge in [0.25, 0.3) is 5.56 Å². The van der Waals surface area contributed by atoms with Crippen LogP contribution in [0.4, 0.5) is 27.8 Å². The number of hydrogen-bond acceptors (Lipinski definition) is 10. The fourth-order valence-electron chi connectivity index (χ4n) is 4.48. The van der Waals surface area contributed by atoms with Crippen molar-refractivity contribution in [3.63, 3.8) is 0 Å². The third-order valence-corrected chi connectivity index (χ3v) is 6.77. The lowest BCUT2D eigenvalue weighted by molar-refractivity contribution is -0.139. The van der Waals surface area contributed by atoms with Crippen LogP contribution in [-0.2, 0) is 4.79 Å². The fraction of sp³-hybridized carbons (Fsp3) is 0.100. The highest BCUT2D eigenvalue weighted by Crippen LogP contribution is 2.27. The lowest BCUT2D eigenvalue weighted by Gasteiger charge is -2.21. The second-order valence-corrected chi connectivity index (χ2v) is 9.92. The number of ether oxygens (including phenoxy) is 1. The van der Waals surface area contributed by atoms with Gasteiger partial charge in [0.2, 0.25) is 0 Å². The highest BCUT2D eigenvalue weighted by atomic mass is 35.5. The van der Waals surface area contributed by atoms with Crippen LogP contribution >= 0.6 is 11.6 Å². The van der Waals surface area contributed by atoms with Gasteiger partial charge in [0, 0.05) is 5.69 Å². The standard InChI is InChI=1S/C30H24ClN9O5/c1-16(36-27-19(13-32)26(33)34-15-35-27)28-38-22-10-5-8-20(31)25(22)29(43)40(28)18-7-4-6-17(12-18)37-30(44)39-21-9-2-3-11-23(21)45-14-24(41)42/h2-12,15-16H,14H2,1H3,(H,41,42)(H2,37,39,44)(H3,33,34,35,36)/t16-/m0/s1. The van der Waals surface area contributed by atoms with Crippen LogP contribution < -0.4 is 32.0 Å². The topological polar surface area (TPSA) is 210 Å². The number of amides is 2. The monoisotopic (exact) mass is 625 g/mol. The summed E-state index contributed by atoms with van der Waals surface area (Å²) >= 11 is 6.43. The number of nitrogens with two attached hydrogens (primary N) is 1.